The van der Waals surface area contributed by atoms with E-state index in [4.69, 9.17) is 10.5 Å². The summed E-state index contributed by atoms with van der Waals surface area (Å²) in [7, 11) is 0. The number of primary amides is 1. The van der Waals surface area contributed by atoms with E-state index in [9.17, 15) is 32.7 Å². The number of rotatable bonds is 10. The molecular weight excluding hydrogens is 443 g/mol. The number of aliphatic hydroxyl groups excluding tert-OH is 1. The minimum atomic E-state index is -4.55. The van der Waals surface area contributed by atoms with E-state index in [-0.39, 0.29) is 25.1 Å². The first kappa shape index (κ1) is 25.7. The molecule has 0 fully saturated rings. The number of nitrogens with two attached hydrogens (primary N) is 1. The van der Waals surface area contributed by atoms with Crippen LogP contribution in [0.4, 0.5) is 18.0 Å². The van der Waals surface area contributed by atoms with E-state index < -0.39 is 48.2 Å². The molecule has 0 heterocycles. The SMILES string of the molecule is NC(=O)[C@H](Cc1cccc(C(F)(F)F)c1)NC(=O)C[C@H](O)CNC(=O)OCc1ccccc1. The van der Waals surface area contributed by atoms with Gasteiger partial charge in [0.15, 0.2) is 0 Å². The van der Waals surface area contributed by atoms with Crippen molar-refractivity contribution in [2.24, 2.45) is 5.73 Å². The van der Waals surface area contributed by atoms with Crippen molar-refractivity contribution in [2.45, 2.75) is 37.8 Å². The van der Waals surface area contributed by atoms with Crippen molar-refractivity contribution in [3.63, 3.8) is 0 Å². The van der Waals surface area contributed by atoms with Gasteiger partial charge in [-0.25, -0.2) is 4.79 Å². The minimum absolute atomic E-state index is 0.0269. The van der Waals surface area contributed by atoms with Crippen LogP contribution < -0.4 is 16.4 Å². The highest BCUT2D eigenvalue weighted by molar-refractivity contribution is 5.87. The largest absolute Gasteiger partial charge is 0.445 e. The molecule has 0 aliphatic heterocycles. The van der Waals surface area contributed by atoms with Gasteiger partial charge in [0.05, 0.1) is 18.1 Å². The second-order valence-electron chi connectivity index (χ2n) is 7.23. The molecule has 0 aromatic heterocycles. The highest BCUT2D eigenvalue weighted by Gasteiger charge is 2.31. The molecule has 0 saturated heterocycles. The summed E-state index contributed by atoms with van der Waals surface area (Å²) in [5.74, 6) is -1.71. The second-order valence-corrected chi connectivity index (χ2v) is 7.23. The number of hydrogen-bond donors (Lipinski definition) is 4. The Bertz CT molecular complexity index is 954. The van der Waals surface area contributed by atoms with Gasteiger partial charge in [-0.05, 0) is 17.2 Å². The summed E-state index contributed by atoms with van der Waals surface area (Å²) in [6.45, 7) is -0.269. The number of benzene rings is 2. The number of carbonyl (C=O) groups is 3. The number of alkyl halides is 3. The molecule has 2 atom stereocenters. The Hall–Kier alpha value is -3.60. The van der Waals surface area contributed by atoms with E-state index in [2.05, 4.69) is 10.6 Å². The van der Waals surface area contributed by atoms with Gasteiger partial charge in [-0.1, -0.05) is 48.5 Å². The van der Waals surface area contributed by atoms with Gasteiger partial charge < -0.3 is 26.2 Å². The van der Waals surface area contributed by atoms with Crippen LogP contribution in [0.15, 0.2) is 54.6 Å². The van der Waals surface area contributed by atoms with Gasteiger partial charge >= 0.3 is 12.3 Å². The molecular formula is C22H24F3N3O5. The van der Waals surface area contributed by atoms with Crippen LogP contribution in [0.25, 0.3) is 0 Å². The third-order valence-electron chi connectivity index (χ3n) is 4.49. The molecule has 11 heteroatoms. The van der Waals surface area contributed by atoms with E-state index in [0.29, 0.717) is 0 Å². The fourth-order valence-corrected chi connectivity index (χ4v) is 2.85. The molecule has 0 aliphatic rings. The van der Waals surface area contributed by atoms with Crippen molar-refractivity contribution in [2.75, 3.05) is 6.54 Å². The van der Waals surface area contributed by atoms with Gasteiger partial charge in [-0.2, -0.15) is 13.2 Å². The summed E-state index contributed by atoms with van der Waals surface area (Å²) in [5, 5.41) is 14.5. The first-order valence-corrected chi connectivity index (χ1v) is 9.92. The molecule has 3 amide bonds. The average Bonchev–Trinajstić information content (AvgIpc) is 2.76. The standard InChI is InChI=1S/C22H24F3N3O5/c23-22(24,25)16-8-4-7-15(9-16)10-18(20(26)31)28-19(30)11-17(29)12-27-21(32)33-13-14-5-2-1-3-6-14/h1-9,17-18,29H,10-13H2,(H2,26,31)(H,27,32)(H,28,30)/t17-,18-/m0/s1. The van der Waals surface area contributed by atoms with E-state index in [1.54, 1.807) is 24.3 Å². The summed E-state index contributed by atoms with van der Waals surface area (Å²) < 4.78 is 43.5. The zero-order valence-electron chi connectivity index (χ0n) is 17.5. The van der Waals surface area contributed by atoms with Gasteiger partial charge in [0.25, 0.3) is 0 Å². The molecule has 33 heavy (non-hydrogen) atoms. The highest BCUT2D eigenvalue weighted by atomic mass is 19.4. The maximum Gasteiger partial charge on any atom is 0.416 e. The summed E-state index contributed by atoms with van der Waals surface area (Å²) in [4.78, 5) is 35.5. The van der Waals surface area contributed by atoms with Gasteiger partial charge in [-0.15, -0.1) is 0 Å². The normalized spacial score (nSPS) is 13.0. The minimum Gasteiger partial charge on any atom is -0.445 e. The van der Waals surface area contributed by atoms with Crippen LogP contribution in [0.2, 0.25) is 0 Å². The lowest BCUT2D eigenvalue weighted by Crippen LogP contribution is -2.47. The zero-order chi connectivity index (χ0) is 24.4. The highest BCUT2D eigenvalue weighted by Crippen LogP contribution is 2.29. The lowest BCUT2D eigenvalue weighted by atomic mass is 10.0. The predicted molar refractivity (Wildman–Crippen MR) is 112 cm³/mol. The zero-order valence-corrected chi connectivity index (χ0v) is 17.5. The summed E-state index contributed by atoms with van der Waals surface area (Å²) >= 11 is 0. The van der Waals surface area contributed by atoms with Crippen molar-refractivity contribution in [1.29, 1.82) is 0 Å². The Labute approximate surface area is 187 Å². The van der Waals surface area contributed by atoms with E-state index in [0.717, 1.165) is 17.7 Å². The summed E-state index contributed by atoms with van der Waals surface area (Å²) in [6.07, 6.45) is -7.38. The molecule has 2 rings (SSSR count). The van der Waals surface area contributed by atoms with Crippen LogP contribution in [0.1, 0.15) is 23.1 Å². The topological polar surface area (TPSA) is 131 Å². The molecule has 0 saturated carbocycles. The van der Waals surface area contributed by atoms with Crippen LogP contribution in [0.5, 0.6) is 0 Å². The van der Waals surface area contributed by atoms with Gasteiger partial charge in [0, 0.05) is 13.0 Å². The summed E-state index contributed by atoms with van der Waals surface area (Å²) in [6, 6.07) is 11.9. The number of ether oxygens (including phenoxy) is 1. The Morgan fingerprint density at radius 1 is 1.03 bits per heavy atom. The maximum atomic E-state index is 12.9. The number of hydrogen-bond acceptors (Lipinski definition) is 5. The van der Waals surface area contributed by atoms with Crippen molar-refractivity contribution in [3.8, 4) is 0 Å². The third kappa shape index (κ3) is 9.19. The Balaban J connectivity index is 1.80. The van der Waals surface area contributed by atoms with Crippen molar-refractivity contribution < 1.29 is 37.4 Å². The Morgan fingerprint density at radius 2 is 1.70 bits per heavy atom. The van der Waals surface area contributed by atoms with E-state index in [1.165, 1.54) is 12.1 Å². The molecule has 178 valence electrons. The van der Waals surface area contributed by atoms with Crippen LogP contribution >= 0.6 is 0 Å². The molecule has 2 aromatic carbocycles. The van der Waals surface area contributed by atoms with Crippen LogP contribution in [0.3, 0.4) is 0 Å². The van der Waals surface area contributed by atoms with Gasteiger partial charge in [0.2, 0.25) is 11.8 Å². The average molecular weight is 467 g/mol. The molecule has 0 unspecified atom stereocenters. The van der Waals surface area contributed by atoms with E-state index >= 15 is 0 Å². The lowest BCUT2D eigenvalue weighted by molar-refractivity contribution is -0.137. The quantitative estimate of drug-likeness (QED) is 0.424. The fraction of sp³-hybridized carbons (Fsp3) is 0.318. The molecule has 2 aromatic rings. The third-order valence-corrected chi connectivity index (χ3v) is 4.49. The van der Waals surface area contributed by atoms with Gasteiger partial charge in [0.1, 0.15) is 12.6 Å². The molecule has 0 bridgehead atoms. The molecule has 5 N–H and O–H groups in total. The number of carbonyl (C=O) groups excluding carboxylic acids is 3. The summed E-state index contributed by atoms with van der Waals surface area (Å²) in [5.41, 5.74) is 5.28. The first-order valence-electron chi connectivity index (χ1n) is 9.92. The monoisotopic (exact) mass is 467 g/mol. The molecule has 0 radical (unpaired) electrons. The smallest absolute Gasteiger partial charge is 0.416 e. The number of nitrogens with one attached hydrogen (secondary N) is 2. The number of halogens is 3. The number of aliphatic hydroxyl groups is 1. The second kappa shape index (κ2) is 11.9. The molecule has 8 nitrogen and oxygen atoms in total. The lowest BCUT2D eigenvalue weighted by Gasteiger charge is -2.18. The molecule has 0 spiro atoms. The predicted octanol–water partition coefficient (Wildman–Crippen LogP) is 1.90. The molecule has 0 aliphatic carbocycles. The van der Waals surface area contributed by atoms with E-state index in [1.807, 2.05) is 6.07 Å². The maximum absolute atomic E-state index is 12.9. The Kier molecular flexibility index (Phi) is 9.22. The Morgan fingerprint density at radius 3 is 2.33 bits per heavy atom. The number of amides is 3. The van der Waals surface area contributed by atoms with Crippen LogP contribution in [0, 0.1) is 0 Å². The number of alkyl carbamates (subject to hydrolysis) is 1. The first-order chi connectivity index (χ1) is 15.5. The van der Waals surface area contributed by atoms with Crippen LogP contribution in [-0.4, -0.2) is 41.7 Å². The fourth-order valence-electron chi connectivity index (χ4n) is 2.85. The van der Waals surface area contributed by atoms with Crippen molar-refractivity contribution >= 4 is 17.9 Å². The van der Waals surface area contributed by atoms with Crippen molar-refractivity contribution in [1.82, 2.24) is 10.6 Å². The van der Waals surface area contributed by atoms with Gasteiger partial charge in [-0.3, -0.25) is 9.59 Å². The van der Waals surface area contributed by atoms with Crippen LogP contribution in [-0.2, 0) is 33.5 Å². The van der Waals surface area contributed by atoms with Crippen molar-refractivity contribution in [3.05, 3.63) is 71.3 Å².